The molecule has 0 amide bonds. The molecular formula is C17H16ClN5O. The van der Waals surface area contributed by atoms with Crippen LogP contribution >= 0.6 is 11.6 Å². The van der Waals surface area contributed by atoms with E-state index in [1.165, 1.54) is 6.20 Å². The molecule has 0 radical (unpaired) electrons. The molecule has 0 unspecified atom stereocenters. The second-order valence-electron chi connectivity index (χ2n) is 4.97. The molecule has 0 aliphatic heterocycles. The van der Waals surface area contributed by atoms with E-state index in [4.69, 9.17) is 22.1 Å². The van der Waals surface area contributed by atoms with Gasteiger partial charge in [0, 0.05) is 11.4 Å². The number of ether oxygens (including phenoxy) is 1. The molecule has 6 nitrogen and oxygen atoms in total. The number of nitrogens with zero attached hydrogens (tertiary/aromatic N) is 2. The minimum absolute atomic E-state index is 0.377. The van der Waals surface area contributed by atoms with Crippen LogP contribution in [0.25, 0.3) is 0 Å². The zero-order valence-electron chi connectivity index (χ0n) is 13.0. The van der Waals surface area contributed by atoms with Gasteiger partial charge < -0.3 is 21.1 Å². The molecule has 4 N–H and O–H groups in total. The Labute approximate surface area is 144 Å². The van der Waals surface area contributed by atoms with Crippen LogP contribution in [0.2, 0.25) is 5.02 Å². The van der Waals surface area contributed by atoms with Crippen LogP contribution in [0, 0.1) is 0 Å². The molecule has 0 fully saturated rings. The number of hydrogen-bond acceptors (Lipinski definition) is 6. The van der Waals surface area contributed by atoms with Gasteiger partial charge in [0.15, 0.2) is 5.82 Å². The highest BCUT2D eigenvalue weighted by Crippen LogP contribution is 2.30. The van der Waals surface area contributed by atoms with Crippen LogP contribution in [-0.4, -0.2) is 17.1 Å². The molecular weight excluding hydrogens is 326 g/mol. The third kappa shape index (κ3) is 3.67. The minimum atomic E-state index is 0.377. The third-order valence-corrected chi connectivity index (χ3v) is 3.53. The van der Waals surface area contributed by atoms with Crippen LogP contribution in [0.3, 0.4) is 0 Å². The van der Waals surface area contributed by atoms with E-state index in [9.17, 15) is 0 Å². The Bertz CT molecular complexity index is 842. The molecule has 0 saturated carbocycles. The monoisotopic (exact) mass is 341 g/mol. The van der Waals surface area contributed by atoms with Gasteiger partial charge in [-0.2, -0.15) is 4.98 Å². The van der Waals surface area contributed by atoms with Gasteiger partial charge in [0.2, 0.25) is 5.95 Å². The molecule has 1 aromatic heterocycles. The Balaban J connectivity index is 1.87. The maximum Gasteiger partial charge on any atom is 0.229 e. The first-order valence-corrected chi connectivity index (χ1v) is 7.58. The Kier molecular flexibility index (Phi) is 4.67. The van der Waals surface area contributed by atoms with Gasteiger partial charge in [-0.25, -0.2) is 4.98 Å². The van der Waals surface area contributed by atoms with E-state index >= 15 is 0 Å². The molecule has 0 bridgehead atoms. The number of methoxy groups -OCH3 is 1. The summed E-state index contributed by atoms with van der Waals surface area (Å²) in [6, 6.07) is 14.9. The summed E-state index contributed by atoms with van der Waals surface area (Å²) in [6.07, 6.45) is 1.53. The minimum Gasteiger partial charge on any atom is -0.495 e. The van der Waals surface area contributed by atoms with Crippen LogP contribution in [-0.2, 0) is 0 Å². The Hall–Kier alpha value is -2.99. The third-order valence-electron chi connectivity index (χ3n) is 3.25. The number of rotatable bonds is 5. The van der Waals surface area contributed by atoms with Crippen molar-refractivity contribution in [2.45, 2.75) is 0 Å². The second-order valence-corrected chi connectivity index (χ2v) is 5.37. The summed E-state index contributed by atoms with van der Waals surface area (Å²) in [4.78, 5) is 8.60. The van der Waals surface area contributed by atoms with Crippen molar-refractivity contribution in [3.8, 4) is 5.75 Å². The van der Waals surface area contributed by atoms with E-state index in [0.717, 1.165) is 5.69 Å². The number of anilines is 5. The van der Waals surface area contributed by atoms with Gasteiger partial charge in [0.05, 0.1) is 19.0 Å². The Morgan fingerprint density at radius 1 is 1.08 bits per heavy atom. The average molecular weight is 342 g/mol. The topological polar surface area (TPSA) is 85.1 Å². The molecule has 1 heterocycles. The summed E-state index contributed by atoms with van der Waals surface area (Å²) in [5, 5.41) is 6.67. The molecule has 0 atom stereocenters. The standard InChI is InChI=1S/C17H16ClN5O/c1-24-15-8-7-11(19)9-14(15)22-17-20-10-13(18)16(23-17)21-12-5-3-2-4-6-12/h2-10H,19H2,1H3,(H2,20,21,22,23). The highest BCUT2D eigenvalue weighted by molar-refractivity contribution is 6.32. The van der Waals surface area contributed by atoms with Crippen molar-refractivity contribution in [1.29, 1.82) is 0 Å². The predicted octanol–water partition coefficient (Wildman–Crippen LogP) is 4.21. The first kappa shape index (κ1) is 15.9. The number of aromatic nitrogens is 2. The largest absolute Gasteiger partial charge is 0.495 e. The summed E-state index contributed by atoms with van der Waals surface area (Å²) in [5.41, 5.74) is 7.98. The lowest BCUT2D eigenvalue weighted by Gasteiger charge is -2.12. The molecule has 122 valence electrons. The number of nitrogens with one attached hydrogen (secondary N) is 2. The van der Waals surface area contributed by atoms with Gasteiger partial charge in [0.25, 0.3) is 0 Å². The van der Waals surface area contributed by atoms with Crippen LogP contribution in [0.5, 0.6) is 5.75 Å². The lowest BCUT2D eigenvalue weighted by atomic mass is 10.2. The second kappa shape index (κ2) is 7.06. The van der Waals surface area contributed by atoms with Crippen LogP contribution in [0.4, 0.5) is 28.8 Å². The van der Waals surface area contributed by atoms with Crippen molar-refractivity contribution < 1.29 is 4.74 Å². The maximum absolute atomic E-state index is 6.17. The molecule has 2 aromatic carbocycles. The van der Waals surface area contributed by atoms with Gasteiger partial charge in [-0.15, -0.1) is 0 Å². The molecule has 0 saturated heterocycles. The fraction of sp³-hybridized carbons (Fsp3) is 0.0588. The summed E-state index contributed by atoms with van der Waals surface area (Å²) < 4.78 is 5.31. The van der Waals surface area contributed by atoms with Crippen molar-refractivity contribution in [3.63, 3.8) is 0 Å². The summed E-state index contributed by atoms with van der Waals surface area (Å²) >= 11 is 6.17. The molecule has 0 aliphatic rings. The van der Waals surface area contributed by atoms with Crippen molar-refractivity contribution in [3.05, 3.63) is 59.8 Å². The van der Waals surface area contributed by atoms with Crippen molar-refractivity contribution in [1.82, 2.24) is 9.97 Å². The number of para-hydroxylation sites is 1. The van der Waals surface area contributed by atoms with Crippen molar-refractivity contribution in [2.24, 2.45) is 0 Å². The number of nitrogens with two attached hydrogens (primary N) is 1. The van der Waals surface area contributed by atoms with Gasteiger partial charge in [-0.1, -0.05) is 29.8 Å². The molecule has 0 spiro atoms. The highest BCUT2D eigenvalue weighted by Gasteiger charge is 2.09. The van der Waals surface area contributed by atoms with Gasteiger partial charge in [-0.3, -0.25) is 0 Å². The summed E-state index contributed by atoms with van der Waals surface area (Å²) in [7, 11) is 1.59. The normalized spacial score (nSPS) is 10.2. The fourth-order valence-electron chi connectivity index (χ4n) is 2.12. The SMILES string of the molecule is COc1ccc(N)cc1Nc1ncc(Cl)c(Nc2ccccc2)n1. The maximum atomic E-state index is 6.17. The highest BCUT2D eigenvalue weighted by atomic mass is 35.5. The van der Waals surface area contributed by atoms with Crippen LogP contribution < -0.4 is 21.1 Å². The van der Waals surface area contributed by atoms with Crippen LogP contribution in [0.1, 0.15) is 0 Å². The number of nitrogen functional groups attached to an aromatic ring is 1. The molecule has 0 aliphatic carbocycles. The van der Waals surface area contributed by atoms with Crippen molar-refractivity contribution in [2.75, 3.05) is 23.5 Å². The van der Waals surface area contributed by atoms with E-state index in [-0.39, 0.29) is 0 Å². The molecule has 3 aromatic rings. The fourth-order valence-corrected chi connectivity index (χ4v) is 2.26. The van der Waals surface area contributed by atoms with E-state index in [1.807, 2.05) is 30.3 Å². The smallest absolute Gasteiger partial charge is 0.229 e. The molecule has 24 heavy (non-hydrogen) atoms. The summed E-state index contributed by atoms with van der Waals surface area (Å²) in [6.45, 7) is 0. The lowest BCUT2D eigenvalue weighted by Crippen LogP contribution is -2.03. The zero-order valence-corrected chi connectivity index (χ0v) is 13.7. The quantitative estimate of drug-likeness (QED) is 0.603. The lowest BCUT2D eigenvalue weighted by molar-refractivity contribution is 0.417. The molecule has 3 rings (SSSR count). The number of benzene rings is 2. The Morgan fingerprint density at radius 3 is 2.62 bits per heavy atom. The van der Waals surface area contributed by atoms with Gasteiger partial charge in [0.1, 0.15) is 10.8 Å². The first-order chi connectivity index (χ1) is 11.7. The van der Waals surface area contributed by atoms with Gasteiger partial charge >= 0.3 is 0 Å². The zero-order chi connectivity index (χ0) is 16.9. The first-order valence-electron chi connectivity index (χ1n) is 7.21. The number of halogens is 1. The summed E-state index contributed by atoms with van der Waals surface area (Å²) in [5.74, 6) is 1.52. The van der Waals surface area contributed by atoms with Crippen LogP contribution in [0.15, 0.2) is 54.7 Å². The Morgan fingerprint density at radius 2 is 1.88 bits per heavy atom. The van der Waals surface area contributed by atoms with Crippen molar-refractivity contribution >= 4 is 40.4 Å². The van der Waals surface area contributed by atoms with Gasteiger partial charge in [-0.05, 0) is 30.3 Å². The average Bonchev–Trinajstić information content (AvgIpc) is 2.59. The number of hydrogen-bond donors (Lipinski definition) is 3. The van der Waals surface area contributed by atoms with E-state index < -0.39 is 0 Å². The van der Waals surface area contributed by atoms with E-state index in [1.54, 1.807) is 25.3 Å². The predicted molar refractivity (Wildman–Crippen MR) is 97.5 cm³/mol. The van der Waals surface area contributed by atoms with E-state index in [2.05, 4.69) is 20.6 Å². The van der Waals surface area contributed by atoms with E-state index in [0.29, 0.717) is 33.9 Å². The molecule has 7 heteroatoms.